The van der Waals surface area contributed by atoms with Gasteiger partial charge in [0.25, 0.3) is 0 Å². The van der Waals surface area contributed by atoms with E-state index in [1.54, 1.807) is 0 Å². The molecule has 0 fully saturated rings. The van der Waals surface area contributed by atoms with Gasteiger partial charge in [0.2, 0.25) is 0 Å². The van der Waals surface area contributed by atoms with Gasteiger partial charge in [-0.1, -0.05) is 117 Å². The minimum absolute atomic E-state index is 0.00828. The van der Waals surface area contributed by atoms with Crippen LogP contribution in [0.15, 0.2) is 97.1 Å². The minimum atomic E-state index is -0.462. The smallest absolute Gasteiger partial charge is 0.169 e. The molecule has 0 aromatic heterocycles. The van der Waals surface area contributed by atoms with E-state index in [-0.39, 0.29) is 11.1 Å². The Labute approximate surface area is 251 Å². The van der Waals surface area contributed by atoms with Crippen LogP contribution in [-0.4, -0.2) is 20.4 Å². The molecule has 0 aliphatic heterocycles. The van der Waals surface area contributed by atoms with Gasteiger partial charge in [-0.3, -0.25) is 0 Å². The molecular weight excluding hydrogens is 532 g/mol. The van der Waals surface area contributed by atoms with Crippen molar-refractivity contribution < 1.29 is 20.4 Å². The van der Waals surface area contributed by atoms with Gasteiger partial charge in [-0.15, -0.1) is 0 Å². The second-order valence-electron chi connectivity index (χ2n) is 10.6. The summed E-state index contributed by atoms with van der Waals surface area (Å²) in [6.45, 7) is 5.45. The first-order valence-electron chi connectivity index (χ1n) is 14.8. The predicted octanol–water partition coefficient (Wildman–Crippen LogP) is 10.1. The van der Waals surface area contributed by atoms with Crippen LogP contribution in [0.1, 0.15) is 37.0 Å². The van der Waals surface area contributed by atoms with Crippen LogP contribution in [-0.2, 0) is 6.42 Å². The molecule has 6 aromatic carbocycles. The molecule has 214 valence electrons. The molecule has 0 bridgehead atoms. The maximum Gasteiger partial charge on any atom is 0.169 e. The minimum Gasteiger partial charge on any atom is -0.504 e. The molecule has 4 N–H and O–H groups in total. The Morgan fingerprint density at radius 2 is 1.00 bits per heavy atom. The Morgan fingerprint density at radius 1 is 0.512 bits per heavy atom. The summed E-state index contributed by atoms with van der Waals surface area (Å²) in [5, 5.41) is 47.0. The van der Waals surface area contributed by atoms with Crippen molar-refractivity contribution in [3.8, 4) is 56.4 Å². The zero-order chi connectivity index (χ0) is 30.2. The average Bonchev–Trinajstić information content (AvgIpc) is 3.07. The van der Waals surface area contributed by atoms with E-state index in [0.717, 1.165) is 45.5 Å². The van der Waals surface area contributed by atoms with Gasteiger partial charge < -0.3 is 20.4 Å². The van der Waals surface area contributed by atoms with Crippen LogP contribution < -0.4 is 0 Å². The Balaban J connectivity index is 0.00000161. The Morgan fingerprint density at radius 3 is 1.56 bits per heavy atom. The van der Waals surface area contributed by atoms with Crippen molar-refractivity contribution >= 4 is 27.6 Å². The highest BCUT2D eigenvalue weighted by Crippen LogP contribution is 2.55. The first-order valence-corrected chi connectivity index (χ1v) is 14.8. The van der Waals surface area contributed by atoms with Gasteiger partial charge in [-0.05, 0) is 74.7 Å². The van der Waals surface area contributed by atoms with Crippen molar-refractivity contribution in [2.45, 2.75) is 33.6 Å². The summed E-state index contributed by atoms with van der Waals surface area (Å²) in [4.78, 5) is 0. The number of aromatic hydroxyl groups is 4. The van der Waals surface area contributed by atoms with Gasteiger partial charge >= 0.3 is 0 Å². The van der Waals surface area contributed by atoms with Crippen molar-refractivity contribution in [2.24, 2.45) is 0 Å². The van der Waals surface area contributed by atoms with Gasteiger partial charge in [-0.2, -0.15) is 0 Å². The maximum absolute atomic E-state index is 11.1. The van der Waals surface area contributed by atoms with E-state index in [1.165, 1.54) is 29.2 Å². The van der Waals surface area contributed by atoms with Crippen LogP contribution in [0.25, 0.3) is 61.0 Å². The third-order valence-corrected chi connectivity index (χ3v) is 8.37. The molecule has 0 saturated heterocycles. The lowest BCUT2D eigenvalue weighted by Crippen LogP contribution is -2.01. The highest BCUT2D eigenvalue weighted by molar-refractivity contribution is 6.23. The number of allylic oxidation sites excluding steroid dienone is 1. The molecule has 0 spiro atoms. The molecule has 0 saturated carbocycles. The summed E-state index contributed by atoms with van der Waals surface area (Å²) in [7, 11) is 0. The number of hydrogen-bond donors (Lipinski definition) is 4. The number of hydrogen-bond acceptors (Lipinski definition) is 4. The topological polar surface area (TPSA) is 80.9 Å². The molecule has 0 atom stereocenters. The van der Waals surface area contributed by atoms with E-state index in [1.807, 2.05) is 56.3 Å². The second-order valence-corrected chi connectivity index (χ2v) is 10.6. The zero-order valence-corrected chi connectivity index (χ0v) is 24.5. The van der Waals surface area contributed by atoms with Crippen molar-refractivity contribution in [3.63, 3.8) is 0 Å². The van der Waals surface area contributed by atoms with E-state index < -0.39 is 23.0 Å². The van der Waals surface area contributed by atoms with Crippen molar-refractivity contribution in [1.29, 1.82) is 0 Å². The predicted molar refractivity (Wildman–Crippen MR) is 178 cm³/mol. The quantitative estimate of drug-likeness (QED) is 0.0976. The summed E-state index contributed by atoms with van der Waals surface area (Å²) in [6.07, 6.45) is 6.33. The summed E-state index contributed by atoms with van der Waals surface area (Å²) in [5.74, 6) is -1.83. The van der Waals surface area contributed by atoms with E-state index in [2.05, 4.69) is 60.7 Å². The third kappa shape index (κ3) is 4.38. The maximum atomic E-state index is 11.1. The van der Waals surface area contributed by atoms with Crippen molar-refractivity contribution in [2.75, 3.05) is 0 Å². The van der Waals surface area contributed by atoms with E-state index in [9.17, 15) is 20.4 Å². The number of phenols is 4. The zero-order valence-electron chi connectivity index (χ0n) is 24.5. The lowest BCUT2D eigenvalue weighted by Gasteiger charge is -2.24. The van der Waals surface area contributed by atoms with Crippen LogP contribution in [0.2, 0.25) is 0 Å². The van der Waals surface area contributed by atoms with Crippen LogP contribution >= 0.6 is 0 Å². The van der Waals surface area contributed by atoms with Crippen LogP contribution in [0.4, 0.5) is 0 Å². The molecule has 0 heterocycles. The van der Waals surface area contributed by atoms with Gasteiger partial charge in [0.15, 0.2) is 23.0 Å². The lowest BCUT2D eigenvalue weighted by molar-refractivity contribution is 0.371. The number of rotatable bonds is 3. The highest BCUT2D eigenvalue weighted by atomic mass is 16.3. The molecule has 0 amide bonds. The Kier molecular flexibility index (Phi) is 7.29. The van der Waals surface area contributed by atoms with E-state index >= 15 is 0 Å². The largest absolute Gasteiger partial charge is 0.504 e. The molecule has 6 aromatic rings. The van der Waals surface area contributed by atoms with Gasteiger partial charge in [-0.25, -0.2) is 0 Å². The molecule has 1 aliphatic rings. The van der Waals surface area contributed by atoms with Gasteiger partial charge in [0, 0.05) is 11.1 Å². The van der Waals surface area contributed by atoms with Crippen LogP contribution in [0, 0.1) is 6.92 Å². The monoisotopic (exact) mass is 566 g/mol. The van der Waals surface area contributed by atoms with E-state index in [0.29, 0.717) is 5.56 Å². The first-order chi connectivity index (χ1) is 21.0. The number of benzene rings is 6. The van der Waals surface area contributed by atoms with Crippen molar-refractivity contribution in [3.05, 3.63) is 114 Å². The average molecular weight is 567 g/mol. The number of phenolic OH excluding ortho intramolecular Hbond substituents is 4. The molecule has 7 rings (SSSR count). The van der Waals surface area contributed by atoms with Crippen LogP contribution in [0.3, 0.4) is 0 Å². The summed E-state index contributed by atoms with van der Waals surface area (Å²) in [5.41, 5.74) is 7.69. The highest BCUT2D eigenvalue weighted by Gasteiger charge is 2.27. The molecule has 0 unspecified atom stereocenters. The third-order valence-electron chi connectivity index (χ3n) is 8.37. The summed E-state index contributed by atoms with van der Waals surface area (Å²) < 4.78 is 0. The first kappa shape index (κ1) is 27.9. The fraction of sp³-hybridized carbons (Fsp3) is 0.128. The molecule has 4 nitrogen and oxygen atoms in total. The van der Waals surface area contributed by atoms with E-state index in [4.69, 9.17) is 0 Å². The summed E-state index contributed by atoms with van der Waals surface area (Å²) >= 11 is 0. The standard InChI is InChI=1S/C37H28O4.C2H6/c1-21-34(38)36(40)33(37(41)35(21)39)32-28-17-9-7-15-26(28)31(27-16-8-10-18-29(27)32)30-20-19-23(22-11-3-2-4-12-22)24-13-5-6-14-25(24)30;1-2/h2-5,7-13,15-20,38-41H,6,14H2,1H3;1-2H3. The Bertz CT molecular complexity index is 1950. The molecule has 4 heteroatoms. The SMILES string of the molecule is CC.Cc1c(O)c(O)c(-c2c3ccccc3c(-c3ccc(-c4ccccc4)c4c3CCC=C4)c3ccccc23)c(O)c1O. The van der Waals surface area contributed by atoms with Gasteiger partial charge in [0.05, 0.1) is 5.56 Å². The molecule has 43 heavy (non-hydrogen) atoms. The fourth-order valence-electron chi connectivity index (χ4n) is 6.40. The molecular formula is C39H34O4. The van der Waals surface area contributed by atoms with Crippen LogP contribution in [0.5, 0.6) is 23.0 Å². The summed E-state index contributed by atoms with van der Waals surface area (Å²) in [6, 6.07) is 30.7. The molecule has 0 radical (unpaired) electrons. The number of fused-ring (bicyclic) bond motifs is 3. The Hall–Kier alpha value is -5.22. The van der Waals surface area contributed by atoms with Crippen molar-refractivity contribution in [1.82, 2.24) is 0 Å². The fourth-order valence-corrected chi connectivity index (χ4v) is 6.40. The second kappa shape index (κ2) is 11.2. The molecule has 1 aliphatic carbocycles. The van der Waals surface area contributed by atoms with Gasteiger partial charge in [0.1, 0.15) is 0 Å². The normalized spacial score (nSPS) is 12.2. The lowest BCUT2D eigenvalue weighted by atomic mass is 9.80.